The first kappa shape index (κ1) is 20.6. The van der Waals surface area contributed by atoms with Crippen LogP contribution in [0.15, 0.2) is 36.7 Å². The normalized spacial score (nSPS) is 21.4. The van der Waals surface area contributed by atoms with Crippen molar-refractivity contribution in [2.24, 2.45) is 5.73 Å². The van der Waals surface area contributed by atoms with E-state index in [1.165, 1.54) is 11.3 Å². The number of nitrogens with zero attached hydrogens (tertiary/aromatic N) is 6. The largest absolute Gasteiger partial charge is 0.355 e. The van der Waals surface area contributed by atoms with E-state index in [2.05, 4.69) is 16.8 Å². The predicted octanol–water partition coefficient (Wildman–Crippen LogP) is 3.55. The molecule has 9 heteroatoms. The van der Waals surface area contributed by atoms with E-state index in [-0.39, 0.29) is 18.0 Å². The van der Waals surface area contributed by atoms with Crippen molar-refractivity contribution >= 4 is 38.9 Å². The van der Waals surface area contributed by atoms with Crippen molar-refractivity contribution in [1.82, 2.24) is 24.5 Å². The van der Waals surface area contributed by atoms with E-state index in [0.29, 0.717) is 0 Å². The highest BCUT2D eigenvalue weighted by molar-refractivity contribution is 7.20. The van der Waals surface area contributed by atoms with Crippen molar-refractivity contribution in [3.05, 3.63) is 52.8 Å². The third-order valence-electron chi connectivity index (χ3n) is 6.76. The lowest BCUT2D eigenvalue weighted by Gasteiger charge is -2.34. The molecule has 33 heavy (non-hydrogen) atoms. The SMILES string of the molecule is Cc1cn2nc(C3CCCCN3C(=O)c3cc4cccnc4s3)cc2nc1N1CCC(N)C1. The number of anilines is 1. The third kappa shape index (κ3) is 3.65. The minimum Gasteiger partial charge on any atom is -0.355 e. The van der Waals surface area contributed by atoms with Crippen LogP contribution in [0.5, 0.6) is 0 Å². The van der Waals surface area contributed by atoms with Gasteiger partial charge in [-0.2, -0.15) is 5.10 Å². The molecule has 2 aliphatic rings. The van der Waals surface area contributed by atoms with Crippen molar-refractivity contribution < 1.29 is 4.79 Å². The highest BCUT2D eigenvalue weighted by atomic mass is 32.1. The Morgan fingerprint density at radius 1 is 1.21 bits per heavy atom. The third-order valence-corrected chi connectivity index (χ3v) is 7.80. The first-order chi connectivity index (χ1) is 16.1. The Bertz CT molecular complexity index is 1310. The number of carbonyl (C=O) groups excluding carboxylic acids is 1. The van der Waals surface area contributed by atoms with E-state index in [9.17, 15) is 4.79 Å². The van der Waals surface area contributed by atoms with Gasteiger partial charge in [0.05, 0.1) is 16.6 Å². The zero-order chi connectivity index (χ0) is 22.5. The summed E-state index contributed by atoms with van der Waals surface area (Å²) in [6, 6.07) is 8.07. The van der Waals surface area contributed by atoms with Crippen molar-refractivity contribution in [2.45, 2.75) is 44.7 Å². The number of amides is 1. The molecule has 2 N–H and O–H groups in total. The summed E-state index contributed by atoms with van der Waals surface area (Å²) in [6.07, 6.45) is 7.80. The highest BCUT2D eigenvalue weighted by Crippen LogP contribution is 2.34. The molecule has 2 saturated heterocycles. The minimum absolute atomic E-state index is 0.0462. The fourth-order valence-electron chi connectivity index (χ4n) is 5.08. The zero-order valence-electron chi connectivity index (χ0n) is 18.6. The highest BCUT2D eigenvalue weighted by Gasteiger charge is 2.32. The van der Waals surface area contributed by atoms with E-state index in [4.69, 9.17) is 15.8 Å². The molecule has 2 unspecified atom stereocenters. The zero-order valence-corrected chi connectivity index (χ0v) is 19.5. The number of piperidine rings is 1. The number of hydrogen-bond donors (Lipinski definition) is 1. The Kier molecular flexibility index (Phi) is 5.03. The Balaban J connectivity index is 1.33. The van der Waals surface area contributed by atoms with Gasteiger partial charge in [-0.25, -0.2) is 14.5 Å². The molecule has 170 valence electrons. The van der Waals surface area contributed by atoms with Crippen LogP contribution in [0.3, 0.4) is 0 Å². The first-order valence-corrected chi connectivity index (χ1v) is 12.4. The molecule has 6 heterocycles. The fourth-order valence-corrected chi connectivity index (χ4v) is 6.04. The van der Waals surface area contributed by atoms with Crippen molar-refractivity contribution in [1.29, 1.82) is 0 Å². The second kappa shape index (κ2) is 8.07. The van der Waals surface area contributed by atoms with Crippen LogP contribution in [-0.2, 0) is 0 Å². The van der Waals surface area contributed by atoms with Crippen LogP contribution in [-0.4, -0.2) is 56.1 Å². The Morgan fingerprint density at radius 2 is 2.12 bits per heavy atom. The number of hydrogen-bond acceptors (Lipinski definition) is 7. The number of thiophene rings is 1. The summed E-state index contributed by atoms with van der Waals surface area (Å²) in [5.41, 5.74) is 8.92. The van der Waals surface area contributed by atoms with Gasteiger partial charge in [0.15, 0.2) is 5.65 Å². The molecule has 2 atom stereocenters. The van der Waals surface area contributed by atoms with Crippen LogP contribution in [0.4, 0.5) is 5.82 Å². The van der Waals surface area contributed by atoms with Gasteiger partial charge >= 0.3 is 0 Å². The number of likely N-dealkylation sites (tertiary alicyclic amines) is 1. The Hall–Kier alpha value is -3.04. The molecule has 0 bridgehead atoms. The quantitative estimate of drug-likeness (QED) is 0.502. The maximum atomic E-state index is 13.5. The van der Waals surface area contributed by atoms with E-state index in [1.54, 1.807) is 6.20 Å². The van der Waals surface area contributed by atoms with Gasteiger partial charge in [0.25, 0.3) is 5.91 Å². The average molecular weight is 462 g/mol. The summed E-state index contributed by atoms with van der Waals surface area (Å²) in [5, 5.41) is 5.87. The number of rotatable bonds is 3. The topological polar surface area (TPSA) is 92.6 Å². The van der Waals surface area contributed by atoms with E-state index in [1.807, 2.05) is 39.9 Å². The molecule has 0 spiro atoms. The number of carbonyl (C=O) groups is 1. The van der Waals surface area contributed by atoms with Crippen LogP contribution >= 0.6 is 11.3 Å². The summed E-state index contributed by atoms with van der Waals surface area (Å²) < 4.78 is 1.85. The molecule has 4 aromatic heterocycles. The molecule has 0 saturated carbocycles. The molecule has 6 rings (SSSR count). The lowest BCUT2D eigenvalue weighted by molar-refractivity contribution is 0.0611. The second-order valence-corrected chi connectivity index (χ2v) is 10.2. The van der Waals surface area contributed by atoms with Gasteiger partial charge in [-0.15, -0.1) is 11.3 Å². The number of aryl methyl sites for hydroxylation is 1. The molecule has 0 radical (unpaired) electrons. The lowest BCUT2D eigenvalue weighted by atomic mass is 9.99. The molecular formula is C24H27N7OS. The number of aromatic nitrogens is 4. The van der Waals surface area contributed by atoms with Gasteiger partial charge in [0.1, 0.15) is 10.6 Å². The summed E-state index contributed by atoms with van der Waals surface area (Å²) in [4.78, 5) is 28.7. The summed E-state index contributed by atoms with van der Waals surface area (Å²) in [6.45, 7) is 4.57. The van der Waals surface area contributed by atoms with Crippen LogP contribution < -0.4 is 10.6 Å². The van der Waals surface area contributed by atoms with Crippen LogP contribution in [0.2, 0.25) is 0 Å². The summed E-state index contributed by atoms with van der Waals surface area (Å²) >= 11 is 1.46. The first-order valence-electron chi connectivity index (χ1n) is 11.6. The molecule has 0 aliphatic carbocycles. The van der Waals surface area contributed by atoms with Gasteiger partial charge in [-0.3, -0.25) is 4.79 Å². The Morgan fingerprint density at radius 3 is 2.94 bits per heavy atom. The van der Waals surface area contributed by atoms with Crippen LogP contribution in [0, 0.1) is 6.92 Å². The molecular weight excluding hydrogens is 434 g/mol. The monoisotopic (exact) mass is 461 g/mol. The van der Waals surface area contributed by atoms with Gasteiger partial charge in [0, 0.05) is 55.1 Å². The predicted molar refractivity (Wildman–Crippen MR) is 130 cm³/mol. The molecule has 8 nitrogen and oxygen atoms in total. The summed E-state index contributed by atoms with van der Waals surface area (Å²) in [7, 11) is 0. The van der Waals surface area contributed by atoms with Crippen molar-refractivity contribution in [3.63, 3.8) is 0 Å². The number of fused-ring (bicyclic) bond motifs is 2. The molecule has 0 aromatic carbocycles. The van der Waals surface area contributed by atoms with Crippen molar-refractivity contribution in [3.8, 4) is 0 Å². The second-order valence-electron chi connectivity index (χ2n) is 9.13. The molecule has 2 aliphatic heterocycles. The van der Waals surface area contributed by atoms with Gasteiger partial charge in [-0.1, -0.05) is 6.07 Å². The van der Waals surface area contributed by atoms with Crippen LogP contribution in [0.25, 0.3) is 15.9 Å². The standard InChI is InChI=1S/C24H27N7OS/c1-15-13-31-21(27-22(15)29-10-7-17(25)14-29)12-18(28-31)19-6-2-3-9-30(19)24(32)20-11-16-5-4-8-26-23(16)33-20/h4-5,8,11-13,17,19H,2-3,6-7,9-10,14,25H2,1H3. The van der Waals surface area contributed by atoms with E-state index >= 15 is 0 Å². The maximum Gasteiger partial charge on any atom is 0.264 e. The van der Waals surface area contributed by atoms with Crippen molar-refractivity contribution in [2.75, 3.05) is 24.5 Å². The number of pyridine rings is 1. The molecule has 1 amide bonds. The van der Waals surface area contributed by atoms with Gasteiger partial charge in [-0.05, 0) is 44.7 Å². The minimum atomic E-state index is -0.0462. The van der Waals surface area contributed by atoms with E-state index in [0.717, 1.165) is 83.1 Å². The molecule has 2 fully saturated rings. The number of nitrogens with two attached hydrogens (primary N) is 1. The summed E-state index contributed by atoms with van der Waals surface area (Å²) in [5.74, 6) is 1.05. The fraction of sp³-hybridized carbons (Fsp3) is 0.417. The average Bonchev–Trinajstić information content (AvgIpc) is 3.55. The lowest BCUT2D eigenvalue weighted by Crippen LogP contribution is -2.38. The van der Waals surface area contributed by atoms with Gasteiger partial charge in [0.2, 0.25) is 0 Å². The molecule has 4 aromatic rings. The smallest absolute Gasteiger partial charge is 0.264 e. The Labute approximate surface area is 196 Å². The van der Waals surface area contributed by atoms with Gasteiger partial charge < -0.3 is 15.5 Å². The van der Waals surface area contributed by atoms with Crippen LogP contribution in [0.1, 0.15) is 52.7 Å². The van der Waals surface area contributed by atoms with E-state index < -0.39 is 0 Å². The maximum absolute atomic E-state index is 13.5.